The number of benzene rings is 1. The van der Waals surface area contributed by atoms with Crippen LogP contribution in [0.1, 0.15) is 42.5 Å². The number of phenolic OH excluding ortho intramolecular Hbond substituents is 1. The minimum Gasteiger partial charge on any atom is -0.502 e. The Labute approximate surface area is 106 Å². The van der Waals surface area contributed by atoms with Crippen molar-refractivity contribution in [2.75, 3.05) is 7.11 Å². The number of hydrogen-bond donors (Lipinski definition) is 1. The van der Waals surface area contributed by atoms with Crippen LogP contribution in [0, 0.1) is 0 Å². The van der Waals surface area contributed by atoms with Gasteiger partial charge < -0.3 is 14.6 Å². The van der Waals surface area contributed by atoms with Gasteiger partial charge in [-0.2, -0.15) is 0 Å². The summed E-state index contributed by atoms with van der Waals surface area (Å²) >= 11 is 0. The highest BCUT2D eigenvalue weighted by Gasteiger charge is 2.44. The van der Waals surface area contributed by atoms with Crippen molar-refractivity contribution in [2.45, 2.75) is 37.7 Å². The van der Waals surface area contributed by atoms with Gasteiger partial charge in [0.2, 0.25) is 5.75 Å². The maximum absolute atomic E-state index is 12.2. The van der Waals surface area contributed by atoms with Gasteiger partial charge in [0.1, 0.15) is 5.60 Å². The zero-order valence-corrected chi connectivity index (χ0v) is 10.4. The first-order valence-corrected chi connectivity index (χ1v) is 6.27. The summed E-state index contributed by atoms with van der Waals surface area (Å²) in [4.78, 5) is 12.2. The van der Waals surface area contributed by atoms with Gasteiger partial charge in [0.15, 0.2) is 17.3 Å². The summed E-state index contributed by atoms with van der Waals surface area (Å²) in [5.74, 6) is 0.634. The molecule has 1 heterocycles. The summed E-state index contributed by atoms with van der Waals surface area (Å²) in [6.07, 6.45) is 4.34. The average Bonchev–Trinajstić information content (AvgIpc) is 2.79. The molecule has 0 atom stereocenters. The molecule has 96 valence electrons. The molecule has 0 bridgehead atoms. The molecule has 0 saturated heterocycles. The number of ketones is 1. The van der Waals surface area contributed by atoms with Gasteiger partial charge >= 0.3 is 0 Å². The van der Waals surface area contributed by atoms with E-state index in [4.69, 9.17) is 9.47 Å². The molecule has 0 amide bonds. The smallest absolute Gasteiger partial charge is 0.201 e. The van der Waals surface area contributed by atoms with Crippen LogP contribution in [-0.4, -0.2) is 23.6 Å². The van der Waals surface area contributed by atoms with Crippen molar-refractivity contribution in [1.82, 2.24) is 0 Å². The van der Waals surface area contributed by atoms with E-state index in [2.05, 4.69) is 0 Å². The molecule has 0 unspecified atom stereocenters. The standard InChI is InChI=1S/C14H16O4/c1-17-11-5-4-9-10(15)8-14(6-2-3-7-14)18-13(9)12(11)16/h4-5,16H,2-3,6-8H2,1H3. The van der Waals surface area contributed by atoms with Crippen molar-refractivity contribution in [3.05, 3.63) is 17.7 Å². The maximum Gasteiger partial charge on any atom is 0.201 e. The van der Waals surface area contributed by atoms with Crippen molar-refractivity contribution >= 4 is 5.78 Å². The summed E-state index contributed by atoms with van der Waals surface area (Å²) in [5.41, 5.74) is 0.0688. The summed E-state index contributed by atoms with van der Waals surface area (Å²) in [5, 5.41) is 10.1. The Kier molecular flexibility index (Phi) is 2.47. The molecule has 1 aromatic rings. The molecule has 1 spiro atoms. The van der Waals surface area contributed by atoms with Crippen LogP contribution in [0.4, 0.5) is 0 Å². The summed E-state index contributed by atoms with van der Waals surface area (Å²) < 4.78 is 11.0. The topological polar surface area (TPSA) is 55.8 Å². The highest BCUT2D eigenvalue weighted by molar-refractivity contribution is 6.01. The first-order valence-electron chi connectivity index (χ1n) is 6.27. The number of carbonyl (C=O) groups is 1. The first kappa shape index (κ1) is 11.4. The van der Waals surface area contributed by atoms with Crippen molar-refractivity contribution in [1.29, 1.82) is 0 Å². The van der Waals surface area contributed by atoms with Crippen LogP contribution in [-0.2, 0) is 0 Å². The molecule has 1 N–H and O–H groups in total. The molecular formula is C14H16O4. The van der Waals surface area contributed by atoms with Gasteiger partial charge in [-0.25, -0.2) is 0 Å². The molecule has 4 heteroatoms. The van der Waals surface area contributed by atoms with E-state index in [1.807, 2.05) is 0 Å². The van der Waals surface area contributed by atoms with Crippen molar-refractivity contribution < 1.29 is 19.4 Å². The third-order valence-corrected chi connectivity index (χ3v) is 3.93. The molecule has 1 aliphatic carbocycles. The Hall–Kier alpha value is -1.71. The van der Waals surface area contributed by atoms with E-state index < -0.39 is 5.60 Å². The fourth-order valence-electron chi connectivity index (χ4n) is 2.98. The lowest BCUT2D eigenvalue weighted by Crippen LogP contribution is -2.39. The van der Waals surface area contributed by atoms with E-state index in [0.29, 0.717) is 23.5 Å². The van der Waals surface area contributed by atoms with E-state index in [0.717, 1.165) is 25.7 Å². The number of Topliss-reactive ketones (excluding diaryl/α,β-unsaturated/α-hetero) is 1. The van der Waals surface area contributed by atoms with Gasteiger partial charge in [-0.1, -0.05) is 0 Å². The Morgan fingerprint density at radius 1 is 1.33 bits per heavy atom. The summed E-state index contributed by atoms with van der Waals surface area (Å²) in [6.45, 7) is 0. The molecule has 18 heavy (non-hydrogen) atoms. The second-order valence-corrected chi connectivity index (χ2v) is 5.09. The van der Waals surface area contributed by atoms with Gasteiger partial charge in [-0.3, -0.25) is 4.79 Å². The normalized spacial score (nSPS) is 20.6. The quantitative estimate of drug-likeness (QED) is 0.830. The van der Waals surface area contributed by atoms with Crippen molar-refractivity contribution in [2.24, 2.45) is 0 Å². The van der Waals surface area contributed by atoms with Gasteiger partial charge in [0, 0.05) is 0 Å². The van der Waals surface area contributed by atoms with Gasteiger partial charge in [-0.05, 0) is 37.8 Å². The lowest BCUT2D eigenvalue weighted by atomic mass is 9.88. The van der Waals surface area contributed by atoms with E-state index >= 15 is 0 Å². The number of hydrogen-bond acceptors (Lipinski definition) is 4. The predicted octanol–water partition coefficient (Wildman–Crippen LogP) is 2.68. The van der Waals surface area contributed by atoms with E-state index in [-0.39, 0.29) is 11.5 Å². The van der Waals surface area contributed by atoms with Crippen LogP contribution < -0.4 is 9.47 Å². The third kappa shape index (κ3) is 1.55. The van der Waals surface area contributed by atoms with E-state index in [1.165, 1.54) is 7.11 Å². The number of aromatic hydroxyl groups is 1. The minimum absolute atomic E-state index is 0.0519. The van der Waals surface area contributed by atoms with Gasteiger partial charge in [0.05, 0.1) is 19.1 Å². The average molecular weight is 248 g/mol. The predicted molar refractivity (Wildman–Crippen MR) is 65.4 cm³/mol. The molecule has 3 rings (SSSR count). The fourth-order valence-corrected chi connectivity index (χ4v) is 2.98. The van der Waals surface area contributed by atoms with Gasteiger partial charge in [-0.15, -0.1) is 0 Å². The SMILES string of the molecule is COc1ccc2c(c1O)OC1(CCCC1)CC2=O. The number of methoxy groups -OCH3 is 1. The zero-order chi connectivity index (χ0) is 12.8. The monoisotopic (exact) mass is 248 g/mol. The second kappa shape index (κ2) is 3.90. The lowest BCUT2D eigenvalue weighted by molar-refractivity contribution is 0.0426. The van der Waals surface area contributed by atoms with Crippen molar-refractivity contribution in [3.63, 3.8) is 0 Å². The summed E-state index contributed by atoms with van der Waals surface area (Å²) in [6, 6.07) is 3.26. The third-order valence-electron chi connectivity index (χ3n) is 3.93. The number of fused-ring (bicyclic) bond motifs is 1. The molecule has 1 fully saturated rings. The number of phenols is 1. The van der Waals surface area contributed by atoms with Crippen molar-refractivity contribution in [3.8, 4) is 17.2 Å². The van der Waals surface area contributed by atoms with Crippen LogP contribution >= 0.6 is 0 Å². The Balaban J connectivity index is 2.08. The molecule has 2 aliphatic rings. The first-order chi connectivity index (χ1) is 8.65. The minimum atomic E-state index is -0.395. The largest absolute Gasteiger partial charge is 0.502 e. The highest BCUT2D eigenvalue weighted by Crippen LogP contribution is 2.48. The van der Waals surface area contributed by atoms with Crippen LogP contribution in [0.15, 0.2) is 12.1 Å². The number of rotatable bonds is 1. The lowest BCUT2D eigenvalue weighted by Gasteiger charge is -2.35. The second-order valence-electron chi connectivity index (χ2n) is 5.09. The van der Waals surface area contributed by atoms with Crippen LogP contribution in [0.3, 0.4) is 0 Å². The molecule has 0 aromatic heterocycles. The molecule has 1 aromatic carbocycles. The van der Waals surface area contributed by atoms with Crippen LogP contribution in [0.2, 0.25) is 0 Å². The highest BCUT2D eigenvalue weighted by atomic mass is 16.5. The number of ether oxygens (including phenoxy) is 2. The number of carbonyl (C=O) groups excluding carboxylic acids is 1. The Morgan fingerprint density at radius 3 is 2.72 bits per heavy atom. The molecule has 1 saturated carbocycles. The fraction of sp³-hybridized carbons (Fsp3) is 0.500. The van der Waals surface area contributed by atoms with Crippen LogP contribution in [0.25, 0.3) is 0 Å². The molecule has 0 radical (unpaired) electrons. The molecule has 1 aliphatic heterocycles. The van der Waals surface area contributed by atoms with E-state index in [9.17, 15) is 9.90 Å². The van der Waals surface area contributed by atoms with Crippen LogP contribution in [0.5, 0.6) is 17.2 Å². The summed E-state index contributed by atoms with van der Waals surface area (Å²) in [7, 11) is 1.48. The Morgan fingerprint density at radius 2 is 2.06 bits per heavy atom. The maximum atomic E-state index is 12.2. The van der Waals surface area contributed by atoms with E-state index in [1.54, 1.807) is 12.1 Å². The Bertz CT molecular complexity index is 501. The van der Waals surface area contributed by atoms with Gasteiger partial charge in [0.25, 0.3) is 0 Å². The molecule has 4 nitrogen and oxygen atoms in total. The molecular weight excluding hydrogens is 232 g/mol. The zero-order valence-electron chi connectivity index (χ0n) is 10.4.